The first-order valence-electron chi connectivity index (χ1n) is 7.40. The molecule has 0 aliphatic rings. The van der Waals surface area contributed by atoms with E-state index in [2.05, 4.69) is 10.3 Å². The largest absolute Gasteiger partial charge is 0.493 e. The van der Waals surface area contributed by atoms with Gasteiger partial charge in [0, 0.05) is 17.5 Å². The number of aromatic nitrogens is 1. The van der Waals surface area contributed by atoms with Crippen LogP contribution in [-0.2, 0) is 6.18 Å². The van der Waals surface area contributed by atoms with E-state index in [0.717, 1.165) is 17.8 Å². The van der Waals surface area contributed by atoms with Crippen LogP contribution in [0.5, 0.6) is 11.5 Å². The Morgan fingerprint density at radius 2 is 1.96 bits per heavy atom. The van der Waals surface area contributed by atoms with Crippen molar-refractivity contribution >= 4 is 5.91 Å². The summed E-state index contributed by atoms with van der Waals surface area (Å²) in [6.45, 7) is 2.04. The van der Waals surface area contributed by atoms with Crippen molar-refractivity contribution in [3.8, 4) is 11.5 Å². The summed E-state index contributed by atoms with van der Waals surface area (Å²) in [6.07, 6.45) is -2.92. The number of ether oxygens (including phenoxy) is 2. The summed E-state index contributed by atoms with van der Waals surface area (Å²) in [4.78, 5) is 15.9. The number of benzene rings is 1. The number of nitrogens with zero attached hydrogens (tertiary/aromatic N) is 1. The van der Waals surface area contributed by atoms with Crippen molar-refractivity contribution in [2.24, 2.45) is 0 Å². The van der Waals surface area contributed by atoms with E-state index >= 15 is 0 Å². The maximum absolute atomic E-state index is 12.7. The third-order valence-electron chi connectivity index (χ3n) is 3.29. The number of carbonyl (C=O) groups excluding carboxylic acids is 1. The molecule has 0 aliphatic heterocycles. The van der Waals surface area contributed by atoms with Crippen LogP contribution in [0.25, 0.3) is 0 Å². The summed E-state index contributed by atoms with van der Waals surface area (Å²) in [6, 6.07) is 6.21. The molecule has 0 bridgehead atoms. The van der Waals surface area contributed by atoms with Crippen molar-refractivity contribution in [1.29, 1.82) is 0 Å². The number of halogens is 3. The first-order valence-corrected chi connectivity index (χ1v) is 7.40. The third kappa shape index (κ3) is 5.10. The Labute approximate surface area is 142 Å². The van der Waals surface area contributed by atoms with Gasteiger partial charge in [-0.3, -0.25) is 9.78 Å². The predicted octanol–water partition coefficient (Wildman–Crippen LogP) is 3.23. The molecule has 0 atom stereocenters. The van der Waals surface area contributed by atoms with Gasteiger partial charge in [-0.25, -0.2) is 0 Å². The molecule has 2 rings (SSSR count). The number of nitrogens with one attached hydrogen (secondary N) is 1. The van der Waals surface area contributed by atoms with Gasteiger partial charge >= 0.3 is 6.18 Å². The summed E-state index contributed by atoms with van der Waals surface area (Å²) >= 11 is 0. The molecule has 0 aliphatic carbocycles. The molecule has 0 fully saturated rings. The maximum Gasteiger partial charge on any atom is 0.416 e. The van der Waals surface area contributed by atoms with Gasteiger partial charge in [0.05, 0.1) is 19.2 Å². The lowest BCUT2D eigenvalue weighted by atomic mass is 10.2. The highest BCUT2D eigenvalue weighted by Crippen LogP contribution is 2.36. The van der Waals surface area contributed by atoms with Gasteiger partial charge in [0.1, 0.15) is 6.61 Å². The van der Waals surface area contributed by atoms with Crippen LogP contribution in [0.15, 0.2) is 36.5 Å². The number of rotatable bonds is 6. The van der Waals surface area contributed by atoms with E-state index in [1.807, 2.05) is 0 Å². The molecule has 0 radical (unpaired) electrons. The monoisotopic (exact) mass is 354 g/mol. The quantitative estimate of drug-likeness (QED) is 0.809. The molecule has 1 heterocycles. The molecule has 1 N–H and O–H groups in total. The summed E-state index contributed by atoms with van der Waals surface area (Å²) < 4.78 is 48.3. The predicted molar refractivity (Wildman–Crippen MR) is 84.8 cm³/mol. The molecule has 134 valence electrons. The van der Waals surface area contributed by atoms with Crippen LogP contribution >= 0.6 is 0 Å². The normalized spacial score (nSPS) is 11.1. The highest BCUT2D eigenvalue weighted by Gasteiger charge is 2.31. The van der Waals surface area contributed by atoms with Crippen LogP contribution in [0.4, 0.5) is 13.2 Å². The fourth-order valence-electron chi connectivity index (χ4n) is 2.08. The minimum Gasteiger partial charge on any atom is -0.493 e. The van der Waals surface area contributed by atoms with E-state index in [-0.39, 0.29) is 30.6 Å². The Kier molecular flexibility index (Phi) is 5.84. The van der Waals surface area contributed by atoms with Gasteiger partial charge in [0.2, 0.25) is 0 Å². The lowest BCUT2D eigenvalue weighted by molar-refractivity contribution is -0.137. The first-order chi connectivity index (χ1) is 11.8. The van der Waals surface area contributed by atoms with Gasteiger partial charge in [0.25, 0.3) is 5.91 Å². The molecule has 2 aromatic rings. The Hall–Kier alpha value is -2.77. The fraction of sp³-hybridized carbons (Fsp3) is 0.294. The third-order valence-corrected chi connectivity index (χ3v) is 3.29. The average molecular weight is 354 g/mol. The Morgan fingerprint density at radius 1 is 1.20 bits per heavy atom. The fourth-order valence-corrected chi connectivity index (χ4v) is 2.08. The molecule has 1 aromatic carbocycles. The van der Waals surface area contributed by atoms with Crippen molar-refractivity contribution in [2.45, 2.75) is 13.1 Å². The Bertz CT molecular complexity index is 748. The average Bonchev–Trinajstić information content (AvgIpc) is 2.57. The van der Waals surface area contributed by atoms with Crippen molar-refractivity contribution in [3.63, 3.8) is 0 Å². The van der Waals surface area contributed by atoms with E-state index in [9.17, 15) is 18.0 Å². The molecule has 1 aromatic heterocycles. The second kappa shape index (κ2) is 7.87. The first kappa shape index (κ1) is 18.6. The van der Waals surface area contributed by atoms with Crippen LogP contribution < -0.4 is 14.8 Å². The lowest BCUT2D eigenvalue weighted by Gasteiger charge is -2.14. The molecule has 8 heteroatoms. The minimum absolute atomic E-state index is 0.0223. The molecular weight excluding hydrogens is 337 g/mol. The second-order valence-electron chi connectivity index (χ2n) is 5.15. The molecule has 25 heavy (non-hydrogen) atoms. The number of pyridine rings is 1. The highest BCUT2D eigenvalue weighted by molar-refractivity contribution is 5.94. The zero-order valence-electron chi connectivity index (χ0n) is 13.7. The number of carbonyl (C=O) groups is 1. The lowest BCUT2D eigenvalue weighted by Crippen LogP contribution is -2.28. The van der Waals surface area contributed by atoms with Crippen molar-refractivity contribution in [3.05, 3.63) is 53.3 Å². The summed E-state index contributed by atoms with van der Waals surface area (Å²) in [7, 11) is 1.26. The van der Waals surface area contributed by atoms with Crippen LogP contribution in [0.3, 0.4) is 0 Å². The van der Waals surface area contributed by atoms with Crippen LogP contribution in [-0.4, -0.2) is 31.2 Å². The SMILES string of the molecule is COc1cc(C(F)(F)F)ccc1OCCNC(=O)c1ccnc(C)c1. The zero-order chi connectivity index (χ0) is 18.4. The van der Waals surface area contributed by atoms with Crippen LogP contribution in [0.2, 0.25) is 0 Å². The molecule has 0 saturated carbocycles. The number of aryl methyl sites for hydroxylation is 1. The van der Waals surface area contributed by atoms with E-state index < -0.39 is 11.7 Å². The summed E-state index contributed by atoms with van der Waals surface area (Å²) in [5.74, 6) is -0.135. The smallest absolute Gasteiger partial charge is 0.416 e. The van der Waals surface area contributed by atoms with Gasteiger partial charge in [-0.05, 0) is 37.3 Å². The van der Waals surface area contributed by atoms with E-state index in [4.69, 9.17) is 9.47 Å². The molecule has 1 amide bonds. The van der Waals surface area contributed by atoms with Crippen LogP contribution in [0, 0.1) is 6.92 Å². The zero-order valence-corrected chi connectivity index (χ0v) is 13.7. The Morgan fingerprint density at radius 3 is 2.60 bits per heavy atom. The van der Waals surface area contributed by atoms with Crippen molar-refractivity contribution in [2.75, 3.05) is 20.3 Å². The van der Waals surface area contributed by atoms with E-state index in [1.165, 1.54) is 19.4 Å². The molecular formula is C17H17F3N2O3. The topological polar surface area (TPSA) is 60.5 Å². The molecule has 0 unspecified atom stereocenters. The number of amides is 1. The highest BCUT2D eigenvalue weighted by atomic mass is 19.4. The minimum atomic E-state index is -4.46. The number of methoxy groups -OCH3 is 1. The summed E-state index contributed by atoms with van der Waals surface area (Å²) in [5, 5.41) is 2.66. The molecule has 0 saturated heterocycles. The molecule has 5 nitrogen and oxygen atoms in total. The standard InChI is InChI=1S/C17H17F3N2O3/c1-11-9-12(5-6-21-11)16(23)22-7-8-25-14-4-3-13(17(18,19)20)10-15(14)24-2/h3-6,9-10H,7-8H2,1-2H3,(H,22,23). The summed E-state index contributed by atoms with van der Waals surface area (Å²) in [5.41, 5.74) is 0.371. The maximum atomic E-state index is 12.7. The van der Waals surface area contributed by atoms with Gasteiger partial charge < -0.3 is 14.8 Å². The van der Waals surface area contributed by atoms with Crippen LogP contribution in [0.1, 0.15) is 21.6 Å². The van der Waals surface area contributed by atoms with Crippen molar-refractivity contribution < 1.29 is 27.4 Å². The van der Waals surface area contributed by atoms with Gasteiger partial charge in [-0.1, -0.05) is 0 Å². The number of hydrogen-bond donors (Lipinski definition) is 1. The van der Waals surface area contributed by atoms with Crippen molar-refractivity contribution in [1.82, 2.24) is 10.3 Å². The van der Waals surface area contributed by atoms with Gasteiger partial charge in [-0.2, -0.15) is 13.2 Å². The van der Waals surface area contributed by atoms with Gasteiger partial charge in [0.15, 0.2) is 11.5 Å². The van der Waals surface area contributed by atoms with Gasteiger partial charge in [-0.15, -0.1) is 0 Å². The van der Waals surface area contributed by atoms with E-state index in [1.54, 1.807) is 19.1 Å². The number of hydrogen-bond acceptors (Lipinski definition) is 4. The molecule has 0 spiro atoms. The Balaban J connectivity index is 1.90. The number of alkyl halides is 3. The second-order valence-corrected chi connectivity index (χ2v) is 5.15. The van der Waals surface area contributed by atoms with E-state index in [0.29, 0.717) is 5.56 Å².